The van der Waals surface area contributed by atoms with Crippen molar-refractivity contribution in [1.82, 2.24) is 0 Å². The normalized spacial score (nSPS) is 10.4. The highest BCUT2D eigenvalue weighted by molar-refractivity contribution is 6.03. The molecule has 0 bridgehead atoms. The molecule has 1 aromatic rings. The number of carbonyl (C=O) groups is 2. The van der Waals surface area contributed by atoms with Crippen LogP contribution in [-0.2, 0) is 9.47 Å². The van der Waals surface area contributed by atoms with E-state index in [-0.39, 0.29) is 13.2 Å². The second-order valence-corrected chi connectivity index (χ2v) is 9.21. The number of aliphatic hydroxyl groups excluding tert-OH is 2. The van der Waals surface area contributed by atoms with E-state index in [2.05, 4.69) is 13.8 Å². The number of hydrogen-bond acceptors (Lipinski definition) is 6. The molecule has 208 valence electrons. The van der Waals surface area contributed by atoms with Gasteiger partial charge in [-0.1, -0.05) is 103 Å². The summed E-state index contributed by atoms with van der Waals surface area (Å²) in [6.07, 6.45) is 17.5. The minimum Gasteiger partial charge on any atom is -0.462 e. The summed E-state index contributed by atoms with van der Waals surface area (Å²) in [5.41, 5.74) is 0.586. The van der Waals surface area contributed by atoms with Crippen molar-refractivity contribution < 1.29 is 29.3 Å². The lowest BCUT2D eigenvalue weighted by Gasteiger charge is -2.10. The molecule has 0 radical (unpaired) electrons. The molecule has 2 N–H and O–H groups in total. The van der Waals surface area contributed by atoms with Gasteiger partial charge < -0.3 is 19.7 Å². The number of unbranched alkanes of at least 4 members (excludes halogenated alkanes) is 13. The molecule has 0 aliphatic rings. The molecule has 0 unspecified atom stereocenters. The SMILES string of the molecule is CCCCCCCCOC(=O)c1ccccc1C(=O)OCCCCCCCC.OCCCCCCO. The lowest BCUT2D eigenvalue weighted by atomic mass is 10.1. The highest BCUT2D eigenvalue weighted by atomic mass is 16.5. The van der Waals surface area contributed by atoms with Crippen LogP contribution in [0.5, 0.6) is 0 Å². The Morgan fingerprint density at radius 3 is 1.25 bits per heavy atom. The molecule has 0 aliphatic heterocycles. The van der Waals surface area contributed by atoms with Crippen molar-refractivity contribution in [2.75, 3.05) is 26.4 Å². The van der Waals surface area contributed by atoms with Gasteiger partial charge in [0.05, 0.1) is 24.3 Å². The third-order valence-electron chi connectivity index (χ3n) is 5.90. The smallest absolute Gasteiger partial charge is 0.339 e. The van der Waals surface area contributed by atoms with Gasteiger partial charge in [0.1, 0.15) is 0 Å². The zero-order valence-electron chi connectivity index (χ0n) is 23.0. The van der Waals surface area contributed by atoms with Crippen LogP contribution in [0.3, 0.4) is 0 Å². The Hall–Kier alpha value is -1.92. The molecule has 0 atom stereocenters. The average Bonchev–Trinajstić information content (AvgIpc) is 2.90. The largest absolute Gasteiger partial charge is 0.462 e. The van der Waals surface area contributed by atoms with E-state index in [4.69, 9.17) is 19.7 Å². The molecule has 6 nitrogen and oxygen atoms in total. The minimum atomic E-state index is -0.444. The first kappa shape index (κ1) is 34.1. The van der Waals surface area contributed by atoms with Gasteiger partial charge in [-0.25, -0.2) is 9.59 Å². The van der Waals surface area contributed by atoms with Crippen LogP contribution in [0.4, 0.5) is 0 Å². The summed E-state index contributed by atoms with van der Waals surface area (Å²) in [4.78, 5) is 24.7. The monoisotopic (exact) mass is 508 g/mol. The van der Waals surface area contributed by atoms with Crippen LogP contribution in [0.15, 0.2) is 24.3 Å². The Labute approximate surface area is 219 Å². The Bertz CT molecular complexity index is 591. The molecule has 0 heterocycles. The average molecular weight is 509 g/mol. The Morgan fingerprint density at radius 2 is 0.889 bits per heavy atom. The topological polar surface area (TPSA) is 93.1 Å². The van der Waals surface area contributed by atoms with Crippen molar-refractivity contribution in [3.05, 3.63) is 35.4 Å². The summed E-state index contributed by atoms with van der Waals surface area (Å²) in [6.45, 7) is 5.74. The molecule has 0 aliphatic carbocycles. The summed E-state index contributed by atoms with van der Waals surface area (Å²) in [5, 5.41) is 16.6. The zero-order valence-corrected chi connectivity index (χ0v) is 23.0. The molecule has 0 fully saturated rings. The molecule has 0 saturated heterocycles. The van der Waals surface area contributed by atoms with Gasteiger partial charge in [0, 0.05) is 13.2 Å². The molecule has 36 heavy (non-hydrogen) atoms. The standard InChI is InChI=1S/C24H38O4.C6H14O2/c1-3-5-7-9-11-15-19-27-23(25)21-17-13-14-18-22(21)24(26)28-20-16-12-10-8-6-4-2;7-5-3-1-2-4-6-8/h13-14,17-18H,3-12,15-16,19-20H2,1-2H3;7-8H,1-6H2. The summed E-state index contributed by atoms with van der Waals surface area (Å²) in [5.74, 6) is -0.888. The number of rotatable bonds is 21. The molecule has 0 aromatic heterocycles. The van der Waals surface area contributed by atoms with Gasteiger partial charge in [-0.3, -0.25) is 0 Å². The first-order valence-electron chi connectivity index (χ1n) is 14.3. The van der Waals surface area contributed by atoms with E-state index in [0.29, 0.717) is 24.3 Å². The molecule has 0 amide bonds. The fraction of sp³-hybridized carbons (Fsp3) is 0.733. The summed E-state index contributed by atoms with van der Waals surface area (Å²) < 4.78 is 10.7. The van der Waals surface area contributed by atoms with Gasteiger partial charge >= 0.3 is 11.9 Å². The van der Waals surface area contributed by atoms with E-state index >= 15 is 0 Å². The van der Waals surface area contributed by atoms with E-state index in [1.54, 1.807) is 24.3 Å². The second kappa shape index (κ2) is 26.2. The van der Waals surface area contributed by atoms with Crippen LogP contribution in [0.1, 0.15) is 137 Å². The summed E-state index contributed by atoms with van der Waals surface area (Å²) >= 11 is 0. The quantitative estimate of drug-likeness (QED) is 0.134. The first-order valence-corrected chi connectivity index (χ1v) is 14.3. The molecular weight excluding hydrogens is 456 g/mol. The van der Waals surface area contributed by atoms with Gasteiger partial charge in [0.25, 0.3) is 0 Å². The highest BCUT2D eigenvalue weighted by Crippen LogP contribution is 2.14. The van der Waals surface area contributed by atoms with Gasteiger partial charge in [-0.05, 0) is 37.8 Å². The third-order valence-corrected chi connectivity index (χ3v) is 5.90. The Balaban J connectivity index is 0.00000131. The van der Waals surface area contributed by atoms with Gasteiger partial charge in [0.15, 0.2) is 0 Å². The molecule has 6 heteroatoms. The van der Waals surface area contributed by atoms with Crippen LogP contribution in [-0.4, -0.2) is 48.6 Å². The molecule has 1 rings (SSSR count). The van der Waals surface area contributed by atoms with E-state index < -0.39 is 11.9 Å². The fourth-order valence-electron chi connectivity index (χ4n) is 3.67. The summed E-state index contributed by atoms with van der Waals surface area (Å²) in [6, 6.07) is 6.74. The van der Waals surface area contributed by atoms with Crippen LogP contribution in [0.25, 0.3) is 0 Å². The maximum atomic E-state index is 12.4. The summed E-state index contributed by atoms with van der Waals surface area (Å²) in [7, 11) is 0. The van der Waals surface area contributed by atoms with Crippen molar-refractivity contribution in [3.63, 3.8) is 0 Å². The van der Waals surface area contributed by atoms with Crippen LogP contribution in [0, 0.1) is 0 Å². The van der Waals surface area contributed by atoms with Crippen molar-refractivity contribution in [3.8, 4) is 0 Å². The molecule has 0 spiro atoms. The highest BCUT2D eigenvalue weighted by Gasteiger charge is 2.18. The Morgan fingerprint density at radius 1 is 0.556 bits per heavy atom. The Kier molecular flexibility index (Phi) is 24.8. The molecule has 0 saturated carbocycles. The van der Waals surface area contributed by atoms with Crippen LogP contribution >= 0.6 is 0 Å². The predicted octanol–water partition coefficient (Wildman–Crippen LogP) is 7.25. The molecular formula is C30H52O6. The van der Waals surface area contributed by atoms with E-state index in [1.165, 1.54) is 51.4 Å². The number of carbonyl (C=O) groups excluding carboxylic acids is 2. The number of benzene rings is 1. The van der Waals surface area contributed by atoms with Crippen LogP contribution < -0.4 is 0 Å². The minimum absolute atomic E-state index is 0.283. The van der Waals surface area contributed by atoms with E-state index in [9.17, 15) is 9.59 Å². The lowest BCUT2D eigenvalue weighted by molar-refractivity contribution is 0.0450. The third kappa shape index (κ3) is 19.3. The maximum Gasteiger partial charge on any atom is 0.339 e. The van der Waals surface area contributed by atoms with Crippen molar-refractivity contribution in [2.45, 2.75) is 117 Å². The number of hydrogen-bond donors (Lipinski definition) is 2. The molecule has 1 aromatic carbocycles. The van der Waals surface area contributed by atoms with Crippen molar-refractivity contribution in [2.24, 2.45) is 0 Å². The maximum absolute atomic E-state index is 12.4. The van der Waals surface area contributed by atoms with Gasteiger partial charge in [-0.15, -0.1) is 0 Å². The lowest BCUT2D eigenvalue weighted by Crippen LogP contribution is -2.15. The van der Waals surface area contributed by atoms with E-state index in [0.717, 1.165) is 51.4 Å². The van der Waals surface area contributed by atoms with Gasteiger partial charge in [0.2, 0.25) is 0 Å². The van der Waals surface area contributed by atoms with E-state index in [1.807, 2.05) is 0 Å². The number of ether oxygens (including phenoxy) is 2. The number of esters is 2. The van der Waals surface area contributed by atoms with Crippen molar-refractivity contribution in [1.29, 1.82) is 0 Å². The number of aliphatic hydroxyl groups is 2. The second-order valence-electron chi connectivity index (χ2n) is 9.21. The zero-order chi connectivity index (χ0) is 26.7. The first-order chi connectivity index (χ1) is 17.6. The fourth-order valence-corrected chi connectivity index (χ4v) is 3.67. The predicted molar refractivity (Wildman–Crippen MR) is 146 cm³/mol. The van der Waals surface area contributed by atoms with Gasteiger partial charge in [-0.2, -0.15) is 0 Å². The van der Waals surface area contributed by atoms with Crippen molar-refractivity contribution >= 4 is 11.9 Å². The van der Waals surface area contributed by atoms with Crippen LogP contribution in [0.2, 0.25) is 0 Å².